The van der Waals surface area contributed by atoms with Crippen LogP contribution >= 0.6 is 12.2 Å². The predicted molar refractivity (Wildman–Crippen MR) is 147 cm³/mol. The number of fused-ring (bicyclic) bond motifs is 3. The molecule has 0 heterocycles. The topological polar surface area (TPSA) is 52.6 Å². The number of ketones is 1. The molecule has 188 valence electrons. The minimum absolute atomic E-state index is 0.108. The summed E-state index contributed by atoms with van der Waals surface area (Å²) in [6.45, 7) is 0. The zero-order valence-corrected chi connectivity index (χ0v) is 21.8. The van der Waals surface area contributed by atoms with Gasteiger partial charge in [-0.3, -0.25) is 4.79 Å². The number of hydrogen-bond acceptors (Lipinski definition) is 5. The largest absolute Gasteiger partial charge is 0.459 e. The zero-order chi connectivity index (χ0) is 25.5. The van der Waals surface area contributed by atoms with Crippen LogP contribution in [0.2, 0.25) is 0 Å². The van der Waals surface area contributed by atoms with Gasteiger partial charge in [-0.2, -0.15) is 0 Å². The third kappa shape index (κ3) is 4.34. The predicted octanol–water partition coefficient (Wildman–Crippen LogP) is 6.80. The first-order valence-corrected chi connectivity index (χ1v) is 13.6. The maximum atomic E-state index is 13.8. The van der Waals surface area contributed by atoms with Crippen LogP contribution in [0.5, 0.6) is 0 Å². The molecule has 2 saturated carbocycles. The van der Waals surface area contributed by atoms with E-state index in [0.717, 1.165) is 49.7 Å². The molecular formula is C32H30O4S. The number of carbonyl (C=O) groups excluding carboxylic acids is 2. The van der Waals surface area contributed by atoms with Gasteiger partial charge in [0.2, 0.25) is 0 Å². The van der Waals surface area contributed by atoms with Crippen LogP contribution in [0.4, 0.5) is 0 Å². The Morgan fingerprint density at radius 3 is 2.14 bits per heavy atom. The molecule has 37 heavy (non-hydrogen) atoms. The fraction of sp³-hybridized carbons (Fsp3) is 0.344. The fourth-order valence-electron chi connectivity index (χ4n) is 6.59. The molecule has 4 nitrogen and oxygen atoms in total. The monoisotopic (exact) mass is 510 g/mol. The summed E-state index contributed by atoms with van der Waals surface area (Å²) in [4.78, 5) is 28.0. The third-order valence-corrected chi connectivity index (χ3v) is 8.93. The molecule has 3 aromatic carbocycles. The molecule has 4 unspecified atom stereocenters. The zero-order valence-electron chi connectivity index (χ0n) is 20.9. The van der Waals surface area contributed by atoms with E-state index >= 15 is 0 Å². The molecule has 0 amide bonds. The second-order valence-corrected chi connectivity index (χ2v) is 10.9. The molecule has 4 atom stereocenters. The number of benzene rings is 3. The molecule has 3 aliphatic carbocycles. The van der Waals surface area contributed by atoms with Crippen molar-refractivity contribution in [1.82, 2.24) is 0 Å². The standard InChI is InChI=1S/C32H30O4S/c1-35-22-13-11-21-18-23(14-12-20(21)17-22)36-32(34)27-16-15-24(19-7-3-2-4-8-19)28-29(27)31(37)26-10-6-5-9-25(26)30(28)33/h2-10,15-16,20-23H,11-14,17-18H2,1H3. The minimum atomic E-state index is -0.389. The highest BCUT2D eigenvalue weighted by atomic mass is 32.1. The molecule has 0 aromatic heterocycles. The van der Waals surface area contributed by atoms with Crippen molar-refractivity contribution in [2.24, 2.45) is 11.8 Å². The Hall–Kier alpha value is -3.15. The first-order valence-electron chi connectivity index (χ1n) is 13.2. The van der Waals surface area contributed by atoms with Gasteiger partial charge in [0.15, 0.2) is 5.78 Å². The van der Waals surface area contributed by atoms with Crippen LogP contribution < -0.4 is 0 Å². The lowest BCUT2D eigenvalue weighted by Crippen LogP contribution is -2.37. The number of rotatable bonds is 4. The number of hydrogen-bond donors (Lipinski definition) is 0. The maximum absolute atomic E-state index is 13.8. The molecule has 0 aliphatic heterocycles. The van der Waals surface area contributed by atoms with E-state index in [9.17, 15) is 9.59 Å². The normalized spacial score (nSPS) is 24.6. The molecule has 2 fully saturated rings. The number of carbonyl (C=O) groups is 2. The lowest BCUT2D eigenvalue weighted by molar-refractivity contribution is -0.0274. The summed E-state index contributed by atoms with van der Waals surface area (Å²) in [6, 6.07) is 20.8. The molecule has 6 rings (SSSR count). The van der Waals surface area contributed by atoms with E-state index in [1.54, 1.807) is 13.2 Å². The van der Waals surface area contributed by atoms with E-state index in [1.165, 1.54) is 0 Å². The van der Waals surface area contributed by atoms with Gasteiger partial charge >= 0.3 is 5.97 Å². The van der Waals surface area contributed by atoms with Crippen molar-refractivity contribution in [2.75, 3.05) is 7.11 Å². The molecule has 5 heteroatoms. The smallest absolute Gasteiger partial charge is 0.339 e. The number of esters is 1. The van der Waals surface area contributed by atoms with E-state index in [-0.39, 0.29) is 17.9 Å². The molecular weight excluding hydrogens is 480 g/mol. The average Bonchev–Trinajstić information content (AvgIpc) is 2.95. The summed E-state index contributed by atoms with van der Waals surface area (Å²) < 4.78 is 11.7. The van der Waals surface area contributed by atoms with Crippen LogP contribution in [-0.2, 0) is 9.47 Å². The van der Waals surface area contributed by atoms with Crippen molar-refractivity contribution in [2.45, 2.75) is 50.7 Å². The van der Waals surface area contributed by atoms with Crippen LogP contribution in [0.3, 0.4) is 0 Å². The summed E-state index contributed by atoms with van der Waals surface area (Å²) in [5.74, 6) is 0.720. The van der Waals surface area contributed by atoms with Crippen molar-refractivity contribution in [3.8, 4) is 11.1 Å². The van der Waals surface area contributed by atoms with E-state index < -0.39 is 0 Å². The van der Waals surface area contributed by atoms with E-state index in [1.807, 2.05) is 60.7 Å². The van der Waals surface area contributed by atoms with Crippen LogP contribution in [0.15, 0.2) is 66.7 Å². The van der Waals surface area contributed by atoms with Crippen molar-refractivity contribution in [1.29, 1.82) is 0 Å². The highest BCUT2D eigenvalue weighted by Gasteiger charge is 2.38. The highest BCUT2D eigenvalue weighted by Crippen LogP contribution is 2.43. The quantitative estimate of drug-likeness (QED) is 0.223. The van der Waals surface area contributed by atoms with E-state index in [0.29, 0.717) is 50.6 Å². The Morgan fingerprint density at radius 1 is 0.757 bits per heavy atom. The number of ether oxygens (including phenoxy) is 2. The van der Waals surface area contributed by atoms with Gasteiger partial charge in [-0.25, -0.2) is 4.79 Å². The maximum Gasteiger partial charge on any atom is 0.339 e. The van der Waals surface area contributed by atoms with Crippen LogP contribution in [-0.4, -0.2) is 35.9 Å². The van der Waals surface area contributed by atoms with Crippen LogP contribution in [0, 0.1) is 11.8 Å². The molecule has 0 saturated heterocycles. The average molecular weight is 511 g/mol. The van der Waals surface area contributed by atoms with Gasteiger partial charge in [0.25, 0.3) is 0 Å². The SMILES string of the molecule is COC1CCC2CC(OC(=O)c3ccc(-c4ccccc4)c4c3C(=S)c3ccccc3C4=O)CCC2C1. The molecule has 0 bridgehead atoms. The summed E-state index contributed by atoms with van der Waals surface area (Å²) in [6.07, 6.45) is 6.34. The minimum Gasteiger partial charge on any atom is -0.459 e. The molecule has 0 N–H and O–H groups in total. The van der Waals surface area contributed by atoms with Crippen LogP contribution in [0.25, 0.3) is 11.1 Å². The van der Waals surface area contributed by atoms with Gasteiger partial charge in [0.1, 0.15) is 6.10 Å². The number of methoxy groups -OCH3 is 1. The Kier molecular flexibility index (Phi) is 6.51. The van der Waals surface area contributed by atoms with Gasteiger partial charge < -0.3 is 9.47 Å². The lowest BCUT2D eigenvalue weighted by atomic mass is 9.69. The fourth-order valence-corrected chi connectivity index (χ4v) is 6.98. The summed E-state index contributed by atoms with van der Waals surface area (Å²) in [7, 11) is 1.80. The van der Waals surface area contributed by atoms with Crippen molar-refractivity contribution >= 4 is 28.8 Å². The van der Waals surface area contributed by atoms with Gasteiger partial charge in [0, 0.05) is 29.4 Å². The van der Waals surface area contributed by atoms with Crippen molar-refractivity contribution in [3.63, 3.8) is 0 Å². The molecule has 0 spiro atoms. The first-order chi connectivity index (χ1) is 18.0. The summed E-state index contributed by atoms with van der Waals surface area (Å²) in [5.41, 5.74) is 4.37. The van der Waals surface area contributed by atoms with Gasteiger partial charge in [-0.05, 0) is 67.6 Å². The Bertz CT molecular complexity index is 1380. The molecule has 3 aliphatic rings. The van der Waals surface area contributed by atoms with Gasteiger partial charge in [0.05, 0.1) is 16.5 Å². The first kappa shape index (κ1) is 24.2. The third-order valence-electron chi connectivity index (χ3n) is 8.50. The Balaban J connectivity index is 1.34. The lowest BCUT2D eigenvalue weighted by Gasteiger charge is -2.41. The van der Waals surface area contributed by atoms with E-state index in [2.05, 4.69) is 0 Å². The van der Waals surface area contributed by atoms with Gasteiger partial charge in [-0.1, -0.05) is 72.9 Å². The van der Waals surface area contributed by atoms with E-state index in [4.69, 9.17) is 21.7 Å². The Labute approximate surface area is 223 Å². The molecule has 0 radical (unpaired) electrons. The second kappa shape index (κ2) is 9.96. The van der Waals surface area contributed by atoms with Gasteiger partial charge in [-0.15, -0.1) is 0 Å². The number of thiocarbonyl (C=S) groups is 1. The highest BCUT2D eigenvalue weighted by molar-refractivity contribution is 7.81. The summed E-state index contributed by atoms with van der Waals surface area (Å²) >= 11 is 5.92. The second-order valence-electron chi connectivity index (χ2n) is 10.5. The Morgan fingerprint density at radius 2 is 1.41 bits per heavy atom. The summed E-state index contributed by atoms with van der Waals surface area (Å²) in [5, 5.41) is 0. The van der Waals surface area contributed by atoms with Crippen molar-refractivity contribution in [3.05, 3.63) is 94.5 Å². The van der Waals surface area contributed by atoms with Crippen LogP contribution in [0.1, 0.15) is 75.9 Å². The van der Waals surface area contributed by atoms with Crippen molar-refractivity contribution < 1.29 is 19.1 Å². The molecule has 3 aromatic rings.